The minimum Gasteiger partial charge on any atom is -0.493 e. The van der Waals surface area contributed by atoms with E-state index in [1.165, 1.54) is 13.2 Å². The Bertz CT molecular complexity index is 906. The fourth-order valence-corrected chi connectivity index (χ4v) is 3.20. The summed E-state index contributed by atoms with van der Waals surface area (Å²) >= 11 is 0. The summed E-state index contributed by atoms with van der Waals surface area (Å²) in [6.07, 6.45) is 1.82. The van der Waals surface area contributed by atoms with Crippen molar-refractivity contribution in [3.8, 4) is 17.6 Å². The number of rotatable bonds is 11. The molecule has 2 aromatic rings. The molecule has 1 N–H and O–H groups in total. The van der Waals surface area contributed by atoms with E-state index >= 15 is 0 Å². The minimum atomic E-state index is -2.92. The third-order valence-corrected chi connectivity index (χ3v) is 4.75. The molecule has 0 aliphatic carbocycles. The first-order valence-electron chi connectivity index (χ1n) is 9.64. The minimum absolute atomic E-state index is 0.0265. The number of aryl methyl sites for hydroxylation is 2. The zero-order valence-electron chi connectivity index (χ0n) is 17.4. The van der Waals surface area contributed by atoms with Gasteiger partial charge < -0.3 is 14.8 Å². The van der Waals surface area contributed by atoms with Crippen molar-refractivity contribution in [2.75, 3.05) is 13.7 Å². The summed E-state index contributed by atoms with van der Waals surface area (Å²) in [5, 5.41) is 16.0. The molecule has 7 nitrogen and oxygen atoms in total. The van der Waals surface area contributed by atoms with Crippen molar-refractivity contribution in [1.82, 2.24) is 15.1 Å². The van der Waals surface area contributed by atoms with Crippen molar-refractivity contribution in [1.29, 1.82) is 5.26 Å². The van der Waals surface area contributed by atoms with E-state index in [-0.39, 0.29) is 17.4 Å². The van der Waals surface area contributed by atoms with Gasteiger partial charge in [-0.3, -0.25) is 9.48 Å². The zero-order valence-corrected chi connectivity index (χ0v) is 17.4. The largest absolute Gasteiger partial charge is 0.493 e. The van der Waals surface area contributed by atoms with Gasteiger partial charge in [0.05, 0.1) is 31.8 Å². The second kappa shape index (κ2) is 11.1. The Morgan fingerprint density at radius 2 is 2.07 bits per heavy atom. The molecule has 0 saturated carbocycles. The fourth-order valence-electron chi connectivity index (χ4n) is 3.20. The lowest BCUT2D eigenvalue weighted by molar-refractivity contribution is -0.121. The second-order valence-corrected chi connectivity index (χ2v) is 6.74. The maximum Gasteiger partial charge on any atom is 0.387 e. The van der Waals surface area contributed by atoms with Crippen molar-refractivity contribution in [3.05, 3.63) is 40.7 Å². The van der Waals surface area contributed by atoms with E-state index in [4.69, 9.17) is 10.00 Å². The van der Waals surface area contributed by atoms with Gasteiger partial charge in [0.2, 0.25) is 5.91 Å². The van der Waals surface area contributed by atoms with Crippen LogP contribution in [0, 0.1) is 25.2 Å². The molecule has 9 heteroatoms. The van der Waals surface area contributed by atoms with Crippen LogP contribution in [0.3, 0.4) is 0 Å². The number of aromatic nitrogens is 2. The Hall–Kier alpha value is -3.15. The lowest BCUT2D eigenvalue weighted by Gasteiger charge is -2.12. The predicted molar refractivity (Wildman–Crippen MR) is 107 cm³/mol. The summed E-state index contributed by atoms with van der Waals surface area (Å²) in [6, 6.07) is 6.81. The highest BCUT2D eigenvalue weighted by atomic mass is 19.3. The van der Waals surface area contributed by atoms with Crippen LogP contribution in [-0.4, -0.2) is 36.0 Å². The normalized spacial score (nSPS) is 10.7. The first-order chi connectivity index (χ1) is 14.3. The number of halogens is 2. The average molecular weight is 420 g/mol. The van der Waals surface area contributed by atoms with Crippen LogP contribution in [0.25, 0.3) is 0 Å². The molecule has 0 radical (unpaired) electrons. The van der Waals surface area contributed by atoms with Crippen molar-refractivity contribution in [2.45, 2.75) is 52.7 Å². The average Bonchev–Trinajstić information content (AvgIpc) is 2.98. The van der Waals surface area contributed by atoms with Crippen LogP contribution in [0.2, 0.25) is 0 Å². The Morgan fingerprint density at radius 3 is 2.73 bits per heavy atom. The van der Waals surface area contributed by atoms with E-state index < -0.39 is 6.61 Å². The van der Waals surface area contributed by atoms with E-state index in [0.29, 0.717) is 38.8 Å². The standard InChI is InChI=1S/C21H26F2N4O3/c1-14-17(15(2)27(26-14)12-4-10-24)6-8-20(28)25-11-9-16-5-7-18(30-21(22)23)19(13-16)29-3/h5,7,13,21H,4,6,8-9,11-12H2,1-3H3,(H,25,28). The molecular weight excluding hydrogens is 394 g/mol. The molecule has 0 bridgehead atoms. The molecule has 0 aliphatic rings. The molecule has 2 rings (SSSR count). The number of carbonyl (C=O) groups is 1. The van der Waals surface area contributed by atoms with Gasteiger partial charge in [0.15, 0.2) is 11.5 Å². The van der Waals surface area contributed by atoms with Gasteiger partial charge in [0.1, 0.15) is 0 Å². The molecule has 0 unspecified atom stereocenters. The quantitative estimate of drug-likeness (QED) is 0.602. The van der Waals surface area contributed by atoms with Gasteiger partial charge in [0.25, 0.3) is 0 Å². The van der Waals surface area contributed by atoms with E-state index in [1.807, 2.05) is 13.8 Å². The monoisotopic (exact) mass is 420 g/mol. The molecule has 30 heavy (non-hydrogen) atoms. The van der Waals surface area contributed by atoms with E-state index in [0.717, 1.165) is 22.5 Å². The van der Waals surface area contributed by atoms with Crippen LogP contribution >= 0.6 is 0 Å². The smallest absolute Gasteiger partial charge is 0.387 e. The SMILES string of the molecule is COc1cc(CCNC(=O)CCc2c(C)nn(CCC#N)c2C)ccc1OC(F)F. The lowest BCUT2D eigenvalue weighted by atomic mass is 10.1. The summed E-state index contributed by atoms with van der Waals surface area (Å²) in [5.74, 6) is 0.114. The molecule has 0 aliphatic heterocycles. The zero-order chi connectivity index (χ0) is 22.1. The highest BCUT2D eigenvalue weighted by Crippen LogP contribution is 2.29. The van der Waals surface area contributed by atoms with Crippen LogP contribution in [0.1, 0.15) is 35.4 Å². The molecule has 0 atom stereocenters. The van der Waals surface area contributed by atoms with Gasteiger partial charge in [-0.1, -0.05) is 6.07 Å². The lowest BCUT2D eigenvalue weighted by Crippen LogP contribution is -2.26. The topological polar surface area (TPSA) is 89.2 Å². The Labute approximate surface area is 174 Å². The number of hydrogen-bond donors (Lipinski definition) is 1. The summed E-state index contributed by atoms with van der Waals surface area (Å²) in [5.41, 5.74) is 3.71. The maximum absolute atomic E-state index is 12.4. The molecule has 1 amide bonds. The molecule has 0 fully saturated rings. The van der Waals surface area contributed by atoms with Gasteiger partial charge in [0, 0.05) is 18.7 Å². The Morgan fingerprint density at radius 1 is 1.30 bits per heavy atom. The van der Waals surface area contributed by atoms with Crippen molar-refractivity contribution >= 4 is 5.91 Å². The van der Waals surface area contributed by atoms with Crippen LogP contribution in [-0.2, 0) is 24.2 Å². The van der Waals surface area contributed by atoms with Crippen molar-refractivity contribution in [2.24, 2.45) is 0 Å². The number of nitrogens with one attached hydrogen (secondary N) is 1. The predicted octanol–water partition coefficient (Wildman–Crippen LogP) is 3.32. The molecule has 1 aromatic heterocycles. The molecule has 162 valence electrons. The summed E-state index contributed by atoms with van der Waals surface area (Å²) < 4.78 is 36.1. The van der Waals surface area contributed by atoms with Crippen molar-refractivity contribution in [3.63, 3.8) is 0 Å². The van der Waals surface area contributed by atoms with Gasteiger partial charge in [-0.2, -0.15) is 19.1 Å². The van der Waals surface area contributed by atoms with Gasteiger partial charge in [-0.15, -0.1) is 0 Å². The molecule has 1 heterocycles. The number of alkyl halides is 2. The van der Waals surface area contributed by atoms with E-state index in [1.54, 1.807) is 16.8 Å². The number of amides is 1. The third kappa shape index (κ3) is 6.44. The molecular formula is C21H26F2N4O3. The number of ether oxygens (including phenoxy) is 2. The number of hydrogen-bond acceptors (Lipinski definition) is 5. The maximum atomic E-state index is 12.4. The van der Waals surface area contributed by atoms with E-state index in [2.05, 4.69) is 21.2 Å². The highest BCUT2D eigenvalue weighted by Gasteiger charge is 2.14. The molecule has 0 saturated heterocycles. The van der Waals surface area contributed by atoms with Crippen molar-refractivity contribution < 1.29 is 23.0 Å². The second-order valence-electron chi connectivity index (χ2n) is 6.74. The molecule has 0 spiro atoms. The summed E-state index contributed by atoms with van der Waals surface area (Å²) in [4.78, 5) is 12.2. The van der Waals surface area contributed by atoms with Crippen LogP contribution < -0.4 is 14.8 Å². The Kier molecular flexibility index (Phi) is 8.59. The van der Waals surface area contributed by atoms with Crippen LogP contribution in [0.15, 0.2) is 18.2 Å². The number of nitrogens with zero attached hydrogens (tertiary/aromatic N) is 3. The van der Waals surface area contributed by atoms with Crippen LogP contribution in [0.5, 0.6) is 11.5 Å². The Balaban J connectivity index is 1.83. The van der Waals surface area contributed by atoms with Gasteiger partial charge in [-0.25, -0.2) is 0 Å². The van der Waals surface area contributed by atoms with Gasteiger partial charge >= 0.3 is 6.61 Å². The third-order valence-electron chi connectivity index (χ3n) is 4.75. The number of methoxy groups -OCH3 is 1. The van der Waals surface area contributed by atoms with Gasteiger partial charge in [-0.05, 0) is 49.9 Å². The first kappa shape index (κ1) is 23.1. The molecule has 1 aromatic carbocycles. The number of nitriles is 1. The number of carbonyl (C=O) groups excluding carboxylic acids is 1. The number of benzene rings is 1. The highest BCUT2D eigenvalue weighted by molar-refractivity contribution is 5.76. The fraction of sp³-hybridized carbons (Fsp3) is 0.476. The first-order valence-corrected chi connectivity index (χ1v) is 9.64. The summed E-state index contributed by atoms with van der Waals surface area (Å²) in [7, 11) is 1.38. The van der Waals surface area contributed by atoms with Crippen LogP contribution in [0.4, 0.5) is 8.78 Å². The van der Waals surface area contributed by atoms with E-state index in [9.17, 15) is 13.6 Å². The summed E-state index contributed by atoms with van der Waals surface area (Å²) in [6.45, 7) is 1.88.